The SMILES string of the molecule is Cc1ccc(Br)cc1-n1cc[nH]c1=S. The first kappa shape index (κ1) is 9.68. The van der Waals surface area contributed by atoms with Crippen molar-refractivity contribution in [3.05, 3.63) is 45.4 Å². The Morgan fingerprint density at radius 3 is 2.86 bits per heavy atom. The molecule has 0 aliphatic carbocycles. The number of aryl methyl sites for hydroxylation is 1. The highest BCUT2D eigenvalue weighted by Crippen LogP contribution is 2.19. The lowest BCUT2D eigenvalue weighted by Crippen LogP contribution is -1.95. The van der Waals surface area contributed by atoms with Gasteiger partial charge >= 0.3 is 0 Å². The molecule has 1 N–H and O–H groups in total. The van der Waals surface area contributed by atoms with Gasteiger partial charge in [-0.3, -0.25) is 4.57 Å². The fourth-order valence-electron chi connectivity index (χ4n) is 1.35. The quantitative estimate of drug-likeness (QED) is 0.784. The molecule has 0 spiro atoms. The molecule has 0 unspecified atom stereocenters. The Hall–Kier alpha value is -0.870. The predicted molar refractivity (Wildman–Crippen MR) is 63.4 cm³/mol. The van der Waals surface area contributed by atoms with E-state index in [-0.39, 0.29) is 0 Å². The van der Waals surface area contributed by atoms with Gasteiger partial charge in [0.05, 0.1) is 5.69 Å². The number of hydrogen-bond acceptors (Lipinski definition) is 1. The second kappa shape index (κ2) is 3.71. The summed E-state index contributed by atoms with van der Waals surface area (Å²) < 4.78 is 3.72. The maximum absolute atomic E-state index is 5.16. The molecule has 2 aromatic rings. The number of imidazole rings is 1. The number of benzene rings is 1. The largest absolute Gasteiger partial charge is 0.337 e. The summed E-state index contributed by atoms with van der Waals surface area (Å²) >= 11 is 8.61. The molecule has 1 aromatic heterocycles. The van der Waals surface area contributed by atoms with E-state index in [0.29, 0.717) is 4.77 Å². The van der Waals surface area contributed by atoms with Crippen molar-refractivity contribution in [1.29, 1.82) is 0 Å². The standard InChI is InChI=1S/C10H9BrN2S/c1-7-2-3-8(11)6-9(7)13-5-4-12-10(13)14/h2-6H,1H3,(H,12,14). The van der Waals surface area contributed by atoms with Gasteiger partial charge in [-0.25, -0.2) is 0 Å². The summed E-state index contributed by atoms with van der Waals surface area (Å²) in [5, 5.41) is 0. The van der Waals surface area contributed by atoms with Gasteiger partial charge in [0, 0.05) is 16.9 Å². The Morgan fingerprint density at radius 2 is 2.21 bits per heavy atom. The van der Waals surface area contributed by atoms with Crippen molar-refractivity contribution in [2.45, 2.75) is 6.92 Å². The van der Waals surface area contributed by atoms with E-state index in [1.165, 1.54) is 5.56 Å². The maximum atomic E-state index is 5.16. The molecule has 0 radical (unpaired) electrons. The minimum absolute atomic E-state index is 0.714. The third-order valence-electron chi connectivity index (χ3n) is 2.08. The van der Waals surface area contributed by atoms with Gasteiger partial charge in [0.15, 0.2) is 4.77 Å². The van der Waals surface area contributed by atoms with Gasteiger partial charge in [0.2, 0.25) is 0 Å². The number of aromatic amines is 1. The van der Waals surface area contributed by atoms with Crippen molar-refractivity contribution in [1.82, 2.24) is 9.55 Å². The summed E-state index contributed by atoms with van der Waals surface area (Å²) in [6.07, 6.45) is 3.76. The van der Waals surface area contributed by atoms with Gasteiger partial charge < -0.3 is 4.98 Å². The van der Waals surface area contributed by atoms with E-state index in [4.69, 9.17) is 12.2 Å². The molecule has 0 bridgehead atoms. The Balaban J connectivity index is 2.68. The van der Waals surface area contributed by atoms with Crippen LogP contribution in [0.25, 0.3) is 5.69 Å². The van der Waals surface area contributed by atoms with Crippen molar-refractivity contribution in [2.75, 3.05) is 0 Å². The zero-order valence-corrected chi connectivity index (χ0v) is 10.0. The number of rotatable bonds is 1. The summed E-state index contributed by atoms with van der Waals surface area (Å²) in [6.45, 7) is 2.07. The summed E-state index contributed by atoms with van der Waals surface area (Å²) in [6, 6.07) is 6.14. The van der Waals surface area contributed by atoms with Crippen LogP contribution in [0, 0.1) is 11.7 Å². The van der Waals surface area contributed by atoms with Crippen LogP contribution in [0.5, 0.6) is 0 Å². The highest BCUT2D eigenvalue weighted by atomic mass is 79.9. The van der Waals surface area contributed by atoms with E-state index >= 15 is 0 Å². The Kier molecular flexibility index (Phi) is 2.56. The molecular weight excluding hydrogens is 260 g/mol. The van der Waals surface area contributed by atoms with E-state index in [0.717, 1.165) is 10.2 Å². The Morgan fingerprint density at radius 1 is 1.43 bits per heavy atom. The van der Waals surface area contributed by atoms with E-state index in [2.05, 4.69) is 40.0 Å². The van der Waals surface area contributed by atoms with Crippen molar-refractivity contribution in [2.24, 2.45) is 0 Å². The van der Waals surface area contributed by atoms with E-state index in [1.54, 1.807) is 0 Å². The van der Waals surface area contributed by atoms with Crippen LogP contribution in [-0.2, 0) is 0 Å². The van der Waals surface area contributed by atoms with Crippen molar-refractivity contribution in [3.8, 4) is 5.69 Å². The fourth-order valence-corrected chi connectivity index (χ4v) is 1.93. The average molecular weight is 269 g/mol. The van der Waals surface area contributed by atoms with Crippen LogP contribution < -0.4 is 0 Å². The number of nitrogens with one attached hydrogen (secondary N) is 1. The molecule has 0 saturated heterocycles. The van der Waals surface area contributed by atoms with Gasteiger partial charge in [-0.15, -0.1) is 0 Å². The first-order valence-electron chi connectivity index (χ1n) is 4.21. The molecule has 2 nitrogen and oxygen atoms in total. The smallest absolute Gasteiger partial charge is 0.181 e. The number of hydrogen-bond donors (Lipinski definition) is 1. The molecule has 0 saturated carbocycles. The topological polar surface area (TPSA) is 20.7 Å². The second-order valence-corrected chi connectivity index (χ2v) is 4.37. The van der Waals surface area contributed by atoms with Crippen molar-refractivity contribution >= 4 is 28.1 Å². The van der Waals surface area contributed by atoms with Gasteiger partial charge in [-0.2, -0.15) is 0 Å². The van der Waals surface area contributed by atoms with Crippen LogP contribution in [0.2, 0.25) is 0 Å². The predicted octanol–water partition coefficient (Wildman–Crippen LogP) is 3.61. The normalized spacial score (nSPS) is 10.4. The molecule has 0 fully saturated rings. The van der Waals surface area contributed by atoms with E-state index in [1.807, 2.05) is 23.0 Å². The lowest BCUT2D eigenvalue weighted by Gasteiger charge is -2.06. The number of halogens is 1. The second-order valence-electron chi connectivity index (χ2n) is 3.07. The summed E-state index contributed by atoms with van der Waals surface area (Å²) in [5.41, 5.74) is 2.30. The summed E-state index contributed by atoms with van der Waals surface area (Å²) in [7, 11) is 0. The number of H-pyrrole nitrogens is 1. The Bertz CT molecular complexity index is 513. The Labute approximate surface area is 95.7 Å². The average Bonchev–Trinajstić information content (AvgIpc) is 2.56. The summed E-state index contributed by atoms with van der Waals surface area (Å²) in [5.74, 6) is 0. The zero-order chi connectivity index (χ0) is 10.1. The molecule has 72 valence electrons. The van der Waals surface area contributed by atoms with Crippen LogP contribution in [-0.4, -0.2) is 9.55 Å². The van der Waals surface area contributed by atoms with Crippen LogP contribution in [0.15, 0.2) is 35.1 Å². The number of aromatic nitrogens is 2. The van der Waals surface area contributed by atoms with Crippen LogP contribution in [0.4, 0.5) is 0 Å². The van der Waals surface area contributed by atoms with E-state index in [9.17, 15) is 0 Å². The molecule has 4 heteroatoms. The van der Waals surface area contributed by atoms with Crippen LogP contribution in [0.3, 0.4) is 0 Å². The molecular formula is C10H9BrN2S. The summed E-state index contributed by atoms with van der Waals surface area (Å²) in [4.78, 5) is 2.98. The van der Waals surface area contributed by atoms with Gasteiger partial charge in [0.1, 0.15) is 0 Å². The van der Waals surface area contributed by atoms with Gasteiger partial charge in [-0.1, -0.05) is 22.0 Å². The highest BCUT2D eigenvalue weighted by Gasteiger charge is 2.01. The minimum atomic E-state index is 0.714. The molecule has 0 aliphatic rings. The molecule has 0 amide bonds. The van der Waals surface area contributed by atoms with Crippen molar-refractivity contribution < 1.29 is 0 Å². The minimum Gasteiger partial charge on any atom is -0.337 e. The first-order valence-corrected chi connectivity index (χ1v) is 5.41. The lowest BCUT2D eigenvalue weighted by molar-refractivity contribution is 1.02. The van der Waals surface area contributed by atoms with Crippen LogP contribution in [0.1, 0.15) is 5.56 Å². The fraction of sp³-hybridized carbons (Fsp3) is 0.100. The third kappa shape index (κ3) is 1.67. The van der Waals surface area contributed by atoms with Gasteiger partial charge in [-0.05, 0) is 36.8 Å². The molecule has 2 rings (SSSR count). The highest BCUT2D eigenvalue weighted by molar-refractivity contribution is 9.10. The molecule has 1 aromatic carbocycles. The molecule has 0 atom stereocenters. The molecule has 0 aliphatic heterocycles. The maximum Gasteiger partial charge on any atom is 0.181 e. The zero-order valence-electron chi connectivity index (χ0n) is 7.62. The first-order chi connectivity index (χ1) is 6.68. The third-order valence-corrected chi connectivity index (χ3v) is 2.89. The monoisotopic (exact) mass is 268 g/mol. The lowest BCUT2D eigenvalue weighted by atomic mass is 10.2. The number of nitrogens with zero attached hydrogens (tertiary/aromatic N) is 1. The van der Waals surface area contributed by atoms with Crippen LogP contribution >= 0.6 is 28.1 Å². The molecule has 14 heavy (non-hydrogen) atoms. The van der Waals surface area contributed by atoms with Crippen molar-refractivity contribution in [3.63, 3.8) is 0 Å². The molecule has 1 heterocycles. The van der Waals surface area contributed by atoms with Gasteiger partial charge in [0.25, 0.3) is 0 Å². The van der Waals surface area contributed by atoms with E-state index < -0.39 is 0 Å².